The molecular weight excluding hydrogens is 158 g/mol. The highest BCUT2D eigenvalue weighted by atomic mass is 32.2. The smallest absolute Gasteiger partial charge is 0.123 e. The van der Waals surface area contributed by atoms with Crippen molar-refractivity contribution in [3.63, 3.8) is 0 Å². The van der Waals surface area contributed by atoms with Crippen LogP contribution >= 0.6 is 11.9 Å². The summed E-state index contributed by atoms with van der Waals surface area (Å²) in [4.78, 5) is 4.21. The first-order chi connectivity index (χ1) is 5.38. The van der Waals surface area contributed by atoms with Crippen LogP contribution in [0.2, 0.25) is 0 Å². The van der Waals surface area contributed by atoms with Crippen LogP contribution < -0.4 is 4.72 Å². The average Bonchev–Trinajstić information content (AvgIpc) is 2.47. The molecule has 1 N–H and O–H groups in total. The minimum absolute atomic E-state index is 0.835. The Labute approximate surface area is 71.3 Å². The van der Waals surface area contributed by atoms with E-state index in [0.717, 1.165) is 18.9 Å². The van der Waals surface area contributed by atoms with Crippen molar-refractivity contribution in [3.05, 3.63) is 18.2 Å². The zero-order valence-electron chi connectivity index (χ0n) is 6.87. The van der Waals surface area contributed by atoms with Gasteiger partial charge in [-0.1, -0.05) is 11.9 Å². The molecule has 0 spiro atoms. The molecule has 1 heterocycles. The monoisotopic (exact) mass is 171 g/mol. The summed E-state index contributed by atoms with van der Waals surface area (Å²) in [6.45, 7) is 3.94. The van der Waals surface area contributed by atoms with Gasteiger partial charge in [0.2, 0.25) is 0 Å². The van der Waals surface area contributed by atoms with Gasteiger partial charge in [0.1, 0.15) is 5.82 Å². The van der Waals surface area contributed by atoms with E-state index in [4.69, 9.17) is 0 Å². The molecule has 1 aromatic heterocycles. The third-order valence-electron chi connectivity index (χ3n) is 1.52. The van der Waals surface area contributed by atoms with E-state index in [0.29, 0.717) is 0 Å². The van der Waals surface area contributed by atoms with Gasteiger partial charge in [0, 0.05) is 18.9 Å². The Hall–Kier alpha value is -0.480. The molecule has 0 atom stereocenters. The number of aryl methyl sites for hydroxylation is 1. The van der Waals surface area contributed by atoms with Gasteiger partial charge in [-0.15, -0.1) is 0 Å². The van der Waals surface area contributed by atoms with E-state index < -0.39 is 0 Å². The molecule has 0 aliphatic carbocycles. The Morgan fingerprint density at radius 3 is 3.18 bits per heavy atom. The highest BCUT2D eigenvalue weighted by Crippen LogP contribution is 1.98. The van der Waals surface area contributed by atoms with E-state index in [1.165, 1.54) is 0 Å². The van der Waals surface area contributed by atoms with E-state index in [1.54, 1.807) is 11.9 Å². The maximum Gasteiger partial charge on any atom is 0.123 e. The van der Waals surface area contributed by atoms with E-state index >= 15 is 0 Å². The van der Waals surface area contributed by atoms with Gasteiger partial charge in [0.25, 0.3) is 0 Å². The fourth-order valence-corrected chi connectivity index (χ4v) is 1.21. The van der Waals surface area contributed by atoms with Gasteiger partial charge in [0.15, 0.2) is 0 Å². The predicted octanol–water partition coefficient (Wildman–Crippen LogP) is 1.27. The molecule has 0 amide bonds. The molecule has 0 bridgehead atoms. The normalized spacial score (nSPS) is 10.4. The first-order valence-corrected chi connectivity index (χ1v) is 4.86. The molecule has 1 rings (SSSR count). The quantitative estimate of drug-likeness (QED) is 0.692. The molecule has 0 aromatic carbocycles. The Balaban J connectivity index is 2.54. The summed E-state index contributed by atoms with van der Waals surface area (Å²) in [5.41, 5.74) is 0. The first kappa shape index (κ1) is 8.62. The Morgan fingerprint density at radius 1 is 1.73 bits per heavy atom. The Kier molecular flexibility index (Phi) is 3.45. The summed E-state index contributed by atoms with van der Waals surface area (Å²) in [5.74, 6) is 1.10. The summed E-state index contributed by atoms with van der Waals surface area (Å²) in [6, 6.07) is 0. The van der Waals surface area contributed by atoms with Crippen LogP contribution in [-0.4, -0.2) is 15.8 Å². The molecule has 0 radical (unpaired) electrons. The first-order valence-electron chi connectivity index (χ1n) is 3.64. The molecule has 0 aliphatic heterocycles. The molecule has 0 unspecified atom stereocenters. The molecule has 0 fully saturated rings. The third kappa shape index (κ3) is 2.24. The van der Waals surface area contributed by atoms with Crippen molar-refractivity contribution in [1.29, 1.82) is 0 Å². The topological polar surface area (TPSA) is 29.9 Å². The summed E-state index contributed by atoms with van der Waals surface area (Å²) in [5, 5.41) is 0. The second-order valence-corrected chi connectivity index (χ2v) is 2.85. The van der Waals surface area contributed by atoms with Crippen LogP contribution in [-0.2, 0) is 13.1 Å². The van der Waals surface area contributed by atoms with Crippen molar-refractivity contribution in [1.82, 2.24) is 14.3 Å². The van der Waals surface area contributed by atoms with Crippen molar-refractivity contribution < 1.29 is 0 Å². The molecule has 62 valence electrons. The van der Waals surface area contributed by atoms with Crippen LogP contribution in [0.25, 0.3) is 0 Å². The fraction of sp³-hybridized carbons (Fsp3) is 0.571. The summed E-state index contributed by atoms with van der Waals surface area (Å²) in [6.07, 6.45) is 5.84. The second kappa shape index (κ2) is 4.41. The largest absolute Gasteiger partial charge is 0.334 e. The van der Waals surface area contributed by atoms with Crippen molar-refractivity contribution in [2.45, 2.75) is 20.0 Å². The lowest BCUT2D eigenvalue weighted by Crippen LogP contribution is -2.09. The van der Waals surface area contributed by atoms with E-state index in [9.17, 15) is 0 Å². The standard InChI is InChI=1S/C7H13N3S/c1-3-10-5-4-8-7(10)6-9-11-2/h4-5,9H,3,6H2,1-2H3. The van der Waals surface area contributed by atoms with Crippen molar-refractivity contribution in [3.8, 4) is 0 Å². The van der Waals surface area contributed by atoms with Gasteiger partial charge in [-0.25, -0.2) is 4.98 Å². The zero-order chi connectivity index (χ0) is 8.10. The molecule has 0 saturated heterocycles. The van der Waals surface area contributed by atoms with Crippen molar-refractivity contribution in [2.75, 3.05) is 6.26 Å². The number of aromatic nitrogens is 2. The van der Waals surface area contributed by atoms with E-state index in [-0.39, 0.29) is 0 Å². The van der Waals surface area contributed by atoms with E-state index in [2.05, 4.69) is 21.2 Å². The maximum atomic E-state index is 4.21. The van der Waals surface area contributed by atoms with Crippen LogP contribution in [0.15, 0.2) is 12.4 Å². The number of hydrogen-bond acceptors (Lipinski definition) is 3. The van der Waals surface area contributed by atoms with Gasteiger partial charge in [-0.2, -0.15) is 0 Å². The van der Waals surface area contributed by atoms with Crippen LogP contribution in [0.3, 0.4) is 0 Å². The molecule has 4 heteroatoms. The summed E-state index contributed by atoms with van der Waals surface area (Å²) >= 11 is 1.62. The lowest BCUT2D eigenvalue weighted by molar-refractivity contribution is 0.687. The Bertz CT molecular complexity index is 209. The highest BCUT2D eigenvalue weighted by molar-refractivity contribution is 7.96. The molecule has 1 aromatic rings. The molecular formula is C7H13N3S. The molecule has 0 aliphatic rings. The van der Waals surface area contributed by atoms with Gasteiger partial charge >= 0.3 is 0 Å². The fourth-order valence-electron chi connectivity index (χ4n) is 0.932. The number of nitrogens with one attached hydrogen (secondary N) is 1. The van der Waals surface area contributed by atoms with Crippen molar-refractivity contribution in [2.24, 2.45) is 0 Å². The van der Waals surface area contributed by atoms with Crippen LogP contribution in [0.5, 0.6) is 0 Å². The van der Waals surface area contributed by atoms with Crippen LogP contribution in [0.1, 0.15) is 12.7 Å². The highest BCUT2D eigenvalue weighted by Gasteiger charge is 1.97. The van der Waals surface area contributed by atoms with E-state index in [1.807, 2.05) is 18.6 Å². The van der Waals surface area contributed by atoms with Gasteiger partial charge in [-0.3, -0.25) is 4.72 Å². The SMILES string of the molecule is CCn1ccnc1CNSC. The molecule has 3 nitrogen and oxygen atoms in total. The lowest BCUT2D eigenvalue weighted by Gasteiger charge is -2.03. The van der Waals surface area contributed by atoms with Crippen LogP contribution in [0, 0.1) is 0 Å². The Morgan fingerprint density at radius 2 is 2.55 bits per heavy atom. The minimum Gasteiger partial charge on any atom is -0.334 e. The maximum absolute atomic E-state index is 4.21. The minimum atomic E-state index is 0.835. The predicted molar refractivity (Wildman–Crippen MR) is 48.3 cm³/mol. The average molecular weight is 171 g/mol. The number of nitrogens with zero attached hydrogens (tertiary/aromatic N) is 2. The van der Waals surface area contributed by atoms with Gasteiger partial charge in [0.05, 0.1) is 6.54 Å². The van der Waals surface area contributed by atoms with Gasteiger partial charge < -0.3 is 4.57 Å². The van der Waals surface area contributed by atoms with Crippen LogP contribution in [0.4, 0.5) is 0 Å². The lowest BCUT2D eigenvalue weighted by atomic mass is 10.6. The summed E-state index contributed by atoms with van der Waals surface area (Å²) in [7, 11) is 0. The number of rotatable bonds is 4. The summed E-state index contributed by atoms with van der Waals surface area (Å²) < 4.78 is 5.29. The zero-order valence-corrected chi connectivity index (χ0v) is 7.69. The van der Waals surface area contributed by atoms with Crippen molar-refractivity contribution >= 4 is 11.9 Å². The number of hydrogen-bond donors (Lipinski definition) is 1. The van der Waals surface area contributed by atoms with Gasteiger partial charge in [-0.05, 0) is 13.2 Å². The second-order valence-electron chi connectivity index (χ2n) is 2.15. The molecule has 11 heavy (non-hydrogen) atoms. The molecule has 0 saturated carbocycles. The number of imidazole rings is 1. The third-order valence-corrected chi connectivity index (χ3v) is 1.95.